The maximum atomic E-state index is 13.9. The summed E-state index contributed by atoms with van der Waals surface area (Å²) in [5.74, 6) is 0.573. The zero-order valence-electron chi connectivity index (χ0n) is 15.7. The Morgan fingerprint density at radius 2 is 1.88 bits per heavy atom. The number of nitrogens with one attached hydrogen (secondary N) is 2. The second-order valence-electron chi connectivity index (χ2n) is 5.99. The van der Waals surface area contributed by atoms with Crippen molar-refractivity contribution in [2.24, 2.45) is 4.99 Å². The number of methoxy groups -OCH3 is 1. The monoisotopic (exact) mass is 471 g/mol. The van der Waals surface area contributed by atoms with Gasteiger partial charge in [-0.1, -0.05) is 35.9 Å². The summed E-state index contributed by atoms with van der Waals surface area (Å²) in [5.41, 5.74) is 3.37. The molecular weight excluding hydrogens is 444 g/mol. The van der Waals surface area contributed by atoms with Crippen LogP contribution in [0.2, 0.25) is 0 Å². The molecule has 0 aliphatic rings. The number of hydrogen-bond acceptors (Lipinski definition) is 2. The molecule has 2 rings (SSSR count). The molecule has 0 fully saturated rings. The molecule has 0 aromatic heterocycles. The molecule has 6 heteroatoms. The van der Waals surface area contributed by atoms with Gasteiger partial charge in [0.1, 0.15) is 0 Å². The lowest BCUT2D eigenvalue weighted by Gasteiger charge is -2.19. The zero-order valence-corrected chi connectivity index (χ0v) is 18.0. The maximum absolute atomic E-state index is 13.9. The maximum Gasteiger partial charge on any atom is 0.191 e. The lowest BCUT2D eigenvalue weighted by Crippen LogP contribution is -2.39. The Bertz CT molecular complexity index is 719. The van der Waals surface area contributed by atoms with Gasteiger partial charge in [0.2, 0.25) is 0 Å². The molecular formula is C20H27FIN3O. The molecule has 0 saturated heterocycles. The summed E-state index contributed by atoms with van der Waals surface area (Å²) >= 11 is 0. The van der Waals surface area contributed by atoms with Crippen molar-refractivity contribution >= 4 is 29.9 Å². The van der Waals surface area contributed by atoms with E-state index in [4.69, 9.17) is 4.74 Å². The molecule has 0 aliphatic carbocycles. The van der Waals surface area contributed by atoms with Gasteiger partial charge in [-0.05, 0) is 43.5 Å². The van der Waals surface area contributed by atoms with Crippen LogP contribution in [-0.4, -0.2) is 26.7 Å². The third-order valence-corrected chi connectivity index (χ3v) is 4.08. The van der Waals surface area contributed by atoms with Crippen LogP contribution in [0.1, 0.15) is 29.7 Å². The SMILES string of the molecule is CN=C(NCCc1ccc(C)cc1)NC(C)c1ccc(OC)c(F)c1.I. The molecule has 2 aromatic carbocycles. The lowest BCUT2D eigenvalue weighted by molar-refractivity contribution is 0.386. The van der Waals surface area contributed by atoms with Crippen molar-refractivity contribution in [3.8, 4) is 5.75 Å². The van der Waals surface area contributed by atoms with Gasteiger partial charge in [0.05, 0.1) is 13.2 Å². The minimum absolute atomic E-state index is 0. The van der Waals surface area contributed by atoms with E-state index in [2.05, 4.69) is 46.8 Å². The molecule has 0 bridgehead atoms. The Labute approximate surface area is 172 Å². The smallest absolute Gasteiger partial charge is 0.191 e. The van der Waals surface area contributed by atoms with Crippen molar-refractivity contribution in [3.05, 3.63) is 65.0 Å². The Morgan fingerprint density at radius 1 is 1.19 bits per heavy atom. The van der Waals surface area contributed by atoms with Crippen molar-refractivity contribution in [1.29, 1.82) is 0 Å². The number of hydrogen-bond donors (Lipinski definition) is 2. The van der Waals surface area contributed by atoms with Crippen LogP contribution in [0.3, 0.4) is 0 Å². The third kappa shape index (κ3) is 6.48. The third-order valence-electron chi connectivity index (χ3n) is 4.08. The molecule has 0 amide bonds. The topological polar surface area (TPSA) is 45.7 Å². The van der Waals surface area contributed by atoms with Gasteiger partial charge in [0.25, 0.3) is 0 Å². The van der Waals surface area contributed by atoms with E-state index in [1.165, 1.54) is 24.3 Å². The van der Waals surface area contributed by atoms with E-state index < -0.39 is 0 Å². The normalized spacial score (nSPS) is 12.1. The summed E-state index contributed by atoms with van der Waals surface area (Å²) in [4.78, 5) is 4.23. The van der Waals surface area contributed by atoms with Crippen molar-refractivity contribution < 1.29 is 9.13 Å². The summed E-state index contributed by atoms with van der Waals surface area (Å²) < 4.78 is 18.8. The van der Waals surface area contributed by atoms with Crippen molar-refractivity contribution in [1.82, 2.24) is 10.6 Å². The number of aryl methyl sites for hydroxylation is 1. The average molecular weight is 471 g/mol. The predicted octanol–water partition coefficient (Wildman–Crippen LogP) is 4.23. The quantitative estimate of drug-likeness (QED) is 0.377. The standard InChI is InChI=1S/C20H26FN3O.HI/c1-14-5-7-16(8-6-14)11-12-23-20(22-3)24-15(2)17-9-10-19(25-4)18(21)13-17;/h5-10,13,15H,11-12H2,1-4H3,(H2,22,23,24);1H. The lowest BCUT2D eigenvalue weighted by atomic mass is 10.1. The van der Waals surface area contributed by atoms with Crippen molar-refractivity contribution in [3.63, 3.8) is 0 Å². The van der Waals surface area contributed by atoms with E-state index in [9.17, 15) is 4.39 Å². The fraction of sp³-hybridized carbons (Fsp3) is 0.350. The fourth-order valence-corrected chi connectivity index (χ4v) is 2.52. The molecule has 142 valence electrons. The van der Waals surface area contributed by atoms with E-state index >= 15 is 0 Å². The van der Waals surface area contributed by atoms with Crippen LogP contribution in [0.5, 0.6) is 5.75 Å². The summed E-state index contributed by atoms with van der Waals surface area (Å²) in [6.07, 6.45) is 0.909. The molecule has 2 aromatic rings. The van der Waals surface area contributed by atoms with Gasteiger partial charge in [0.15, 0.2) is 17.5 Å². The highest BCUT2D eigenvalue weighted by Crippen LogP contribution is 2.21. The number of halogens is 2. The van der Waals surface area contributed by atoms with Crippen LogP contribution in [-0.2, 0) is 6.42 Å². The van der Waals surface area contributed by atoms with Crippen LogP contribution in [0.4, 0.5) is 4.39 Å². The second-order valence-corrected chi connectivity index (χ2v) is 5.99. The minimum Gasteiger partial charge on any atom is -0.494 e. The van der Waals surface area contributed by atoms with E-state index in [1.54, 1.807) is 13.1 Å². The first-order chi connectivity index (χ1) is 12.0. The number of benzene rings is 2. The van der Waals surface area contributed by atoms with Gasteiger partial charge in [-0.15, -0.1) is 24.0 Å². The largest absolute Gasteiger partial charge is 0.494 e. The Kier molecular flexibility index (Phi) is 9.40. The summed E-state index contributed by atoms with van der Waals surface area (Å²) in [6.45, 7) is 4.82. The summed E-state index contributed by atoms with van der Waals surface area (Å²) in [6, 6.07) is 13.4. The Hall–Kier alpha value is -1.83. The average Bonchev–Trinajstić information content (AvgIpc) is 2.62. The Balaban J connectivity index is 0.00000338. The number of nitrogens with zero attached hydrogens (tertiary/aromatic N) is 1. The highest BCUT2D eigenvalue weighted by atomic mass is 127. The number of aliphatic imine (C=N–C) groups is 1. The molecule has 1 unspecified atom stereocenters. The first kappa shape index (κ1) is 22.2. The van der Waals surface area contributed by atoms with E-state index in [0.717, 1.165) is 18.5 Å². The van der Waals surface area contributed by atoms with Crippen LogP contribution in [0.25, 0.3) is 0 Å². The van der Waals surface area contributed by atoms with E-state index in [1.807, 2.05) is 13.0 Å². The number of ether oxygens (including phenoxy) is 1. The van der Waals surface area contributed by atoms with Crippen LogP contribution in [0.15, 0.2) is 47.5 Å². The molecule has 0 heterocycles. The van der Waals surface area contributed by atoms with Crippen molar-refractivity contribution in [2.75, 3.05) is 20.7 Å². The molecule has 1 atom stereocenters. The Morgan fingerprint density at radius 3 is 2.46 bits per heavy atom. The number of guanidine groups is 1. The zero-order chi connectivity index (χ0) is 18.2. The number of rotatable bonds is 6. The fourth-order valence-electron chi connectivity index (χ4n) is 2.52. The van der Waals surface area contributed by atoms with E-state index in [-0.39, 0.29) is 41.6 Å². The molecule has 26 heavy (non-hydrogen) atoms. The van der Waals surface area contributed by atoms with E-state index in [0.29, 0.717) is 5.96 Å². The van der Waals surface area contributed by atoms with Gasteiger partial charge in [-0.3, -0.25) is 4.99 Å². The van der Waals surface area contributed by atoms with Crippen LogP contribution in [0, 0.1) is 12.7 Å². The first-order valence-electron chi connectivity index (χ1n) is 8.39. The highest BCUT2D eigenvalue weighted by molar-refractivity contribution is 14.0. The molecule has 2 N–H and O–H groups in total. The van der Waals surface area contributed by atoms with Gasteiger partial charge >= 0.3 is 0 Å². The summed E-state index contributed by atoms with van der Waals surface area (Å²) in [5, 5.41) is 6.57. The molecule has 4 nitrogen and oxygen atoms in total. The molecule has 0 spiro atoms. The molecule has 0 radical (unpaired) electrons. The van der Waals surface area contributed by atoms with Crippen LogP contribution < -0.4 is 15.4 Å². The van der Waals surface area contributed by atoms with Gasteiger partial charge in [-0.25, -0.2) is 4.39 Å². The van der Waals surface area contributed by atoms with Gasteiger partial charge in [-0.2, -0.15) is 0 Å². The highest BCUT2D eigenvalue weighted by Gasteiger charge is 2.11. The second kappa shape index (κ2) is 11.0. The molecule has 0 aliphatic heterocycles. The predicted molar refractivity (Wildman–Crippen MR) is 116 cm³/mol. The first-order valence-corrected chi connectivity index (χ1v) is 8.39. The van der Waals surface area contributed by atoms with Crippen molar-refractivity contribution in [2.45, 2.75) is 26.3 Å². The molecule has 0 saturated carbocycles. The minimum atomic E-state index is -0.365. The van der Waals surface area contributed by atoms with Gasteiger partial charge in [0, 0.05) is 13.6 Å². The van der Waals surface area contributed by atoms with Crippen LogP contribution >= 0.6 is 24.0 Å². The van der Waals surface area contributed by atoms with Gasteiger partial charge < -0.3 is 15.4 Å². The summed E-state index contributed by atoms with van der Waals surface area (Å²) in [7, 11) is 3.18.